The highest BCUT2D eigenvalue weighted by Crippen LogP contribution is 2.34. The summed E-state index contributed by atoms with van der Waals surface area (Å²) in [7, 11) is 1.62. The van der Waals surface area contributed by atoms with Crippen LogP contribution in [0.1, 0.15) is 22.4 Å². The maximum Gasteiger partial charge on any atom is 0.416 e. The van der Waals surface area contributed by atoms with E-state index in [0.29, 0.717) is 12.1 Å². The van der Waals surface area contributed by atoms with Gasteiger partial charge in [-0.1, -0.05) is 24.3 Å². The van der Waals surface area contributed by atoms with Crippen molar-refractivity contribution in [2.75, 3.05) is 19.0 Å². The van der Waals surface area contributed by atoms with Gasteiger partial charge in [-0.2, -0.15) is 18.3 Å². The number of aromatic nitrogens is 2. The molecule has 0 atom stereocenters. The van der Waals surface area contributed by atoms with Gasteiger partial charge in [-0.15, -0.1) is 0 Å². The number of anilines is 1. The van der Waals surface area contributed by atoms with Crippen molar-refractivity contribution in [1.29, 1.82) is 0 Å². The summed E-state index contributed by atoms with van der Waals surface area (Å²) in [6.07, 6.45) is -3.04. The molecule has 0 aliphatic carbocycles. The molecule has 1 aliphatic heterocycles. The predicted octanol–water partition coefficient (Wildman–Crippen LogP) is 4.46. The molecule has 2 heterocycles. The molecule has 2 aromatic carbocycles. The summed E-state index contributed by atoms with van der Waals surface area (Å²) in [5, 5.41) is 7.88. The molecule has 0 bridgehead atoms. The SMILES string of the molecule is COc1ccccc1Cc1nn(-c2cccc(C(F)(F)F)c2)c2c1CCN2. The molecular formula is C20H18F3N3O. The van der Waals surface area contributed by atoms with Crippen LogP contribution >= 0.6 is 0 Å². The van der Waals surface area contributed by atoms with E-state index in [4.69, 9.17) is 4.74 Å². The number of para-hydroxylation sites is 1. The molecule has 4 nitrogen and oxygen atoms in total. The van der Waals surface area contributed by atoms with Crippen molar-refractivity contribution in [2.24, 2.45) is 0 Å². The average molecular weight is 373 g/mol. The quantitative estimate of drug-likeness (QED) is 0.734. The number of alkyl halides is 3. The molecule has 0 saturated heterocycles. The van der Waals surface area contributed by atoms with Crippen LogP contribution in [0.4, 0.5) is 19.0 Å². The van der Waals surface area contributed by atoms with Crippen LogP contribution in [-0.2, 0) is 19.0 Å². The Morgan fingerprint density at radius 1 is 1.15 bits per heavy atom. The first kappa shape index (κ1) is 17.5. The molecule has 0 amide bonds. The lowest BCUT2D eigenvalue weighted by Gasteiger charge is -2.11. The molecular weight excluding hydrogens is 355 g/mol. The van der Waals surface area contributed by atoms with E-state index >= 15 is 0 Å². The molecule has 3 aromatic rings. The van der Waals surface area contributed by atoms with Crippen LogP contribution in [0.2, 0.25) is 0 Å². The number of benzene rings is 2. The van der Waals surface area contributed by atoms with Crippen molar-refractivity contribution in [1.82, 2.24) is 9.78 Å². The van der Waals surface area contributed by atoms with E-state index in [2.05, 4.69) is 10.4 Å². The molecule has 1 aromatic heterocycles. The van der Waals surface area contributed by atoms with Crippen LogP contribution in [0.15, 0.2) is 48.5 Å². The Kier molecular flexibility index (Phi) is 4.30. The highest BCUT2D eigenvalue weighted by atomic mass is 19.4. The minimum absolute atomic E-state index is 0.391. The van der Waals surface area contributed by atoms with Gasteiger partial charge < -0.3 is 10.1 Å². The van der Waals surface area contributed by atoms with Crippen molar-refractivity contribution < 1.29 is 17.9 Å². The summed E-state index contributed by atoms with van der Waals surface area (Å²) in [6, 6.07) is 12.9. The normalized spacial score (nSPS) is 13.3. The van der Waals surface area contributed by atoms with Crippen LogP contribution in [0.5, 0.6) is 5.75 Å². The third-order valence-corrected chi connectivity index (χ3v) is 4.70. The Morgan fingerprint density at radius 3 is 2.74 bits per heavy atom. The molecule has 1 aliphatic rings. The molecule has 0 saturated carbocycles. The van der Waals surface area contributed by atoms with Crippen molar-refractivity contribution in [3.8, 4) is 11.4 Å². The fraction of sp³-hybridized carbons (Fsp3) is 0.250. The zero-order chi connectivity index (χ0) is 19.0. The lowest BCUT2D eigenvalue weighted by molar-refractivity contribution is -0.137. The van der Waals surface area contributed by atoms with Crippen LogP contribution in [-0.4, -0.2) is 23.4 Å². The van der Waals surface area contributed by atoms with Crippen LogP contribution in [0.3, 0.4) is 0 Å². The van der Waals surface area contributed by atoms with Gasteiger partial charge in [-0.25, -0.2) is 4.68 Å². The Bertz CT molecular complexity index is 979. The number of nitrogens with zero attached hydrogens (tertiary/aromatic N) is 2. The second kappa shape index (κ2) is 6.64. The van der Waals surface area contributed by atoms with E-state index in [0.717, 1.165) is 53.5 Å². The number of hydrogen-bond acceptors (Lipinski definition) is 3. The summed E-state index contributed by atoms with van der Waals surface area (Å²) in [5.74, 6) is 1.53. The largest absolute Gasteiger partial charge is 0.496 e. The summed E-state index contributed by atoms with van der Waals surface area (Å²) >= 11 is 0. The van der Waals surface area contributed by atoms with Gasteiger partial charge in [0.05, 0.1) is 24.1 Å². The maximum atomic E-state index is 13.1. The summed E-state index contributed by atoms with van der Waals surface area (Å²) in [5.41, 5.74) is 2.58. The number of fused-ring (bicyclic) bond motifs is 1. The average Bonchev–Trinajstić information content (AvgIpc) is 3.25. The van der Waals surface area contributed by atoms with E-state index in [9.17, 15) is 13.2 Å². The molecule has 1 N–H and O–H groups in total. The van der Waals surface area contributed by atoms with Gasteiger partial charge in [0.15, 0.2) is 0 Å². The van der Waals surface area contributed by atoms with Crippen LogP contribution in [0.25, 0.3) is 5.69 Å². The number of rotatable bonds is 4. The monoisotopic (exact) mass is 373 g/mol. The first-order valence-electron chi connectivity index (χ1n) is 8.61. The smallest absolute Gasteiger partial charge is 0.416 e. The molecule has 0 fully saturated rings. The number of nitrogens with one attached hydrogen (secondary N) is 1. The fourth-order valence-electron chi connectivity index (χ4n) is 3.42. The first-order chi connectivity index (χ1) is 13.0. The van der Waals surface area contributed by atoms with Crippen molar-refractivity contribution in [3.63, 3.8) is 0 Å². The second-order valence-electron chi connectivity index (χ2n) is 6.40. The Morgan fingerprint density at radius 2 is 1.96 bits per heavy atom. The summed E-state index contributed by atoms with van der Waals surface area (Å²) in [4.78, 5) is 0. The molecule has 0 unspecified atom stereocenters. The lowest BCUT2D eigenvalue weighted by atomic mass is 10.0. The minimum Gasteiger partial charge on any atom is -0.496 e. The van der Waals surface area contributed by atoms with Gasteiger partial charge in [-0.3, -0.25) is 0 Å². The highest BCUT2D eigenvalue weighted by molar-refractivity contribution is 5.58. The van der Waals surface area contributed by atoms with Gasteiger partial charge in [0.25, 0.3) is 0 Å². The van der Waals surface area contributed by atoms with E-state index in [-0.39, 0.29) is 0 Å². The molecule has 0 radical (unpaired) electrons. The third-order valence-electron chi connectivity index (χ3n) is 4.70. The Balaban J connectivity index is 1.76. The molecule has 140 valence electrons. The number of ether oxygens (including phenoxy) is 1. The van der Waals surface area contributed by atoms with E-state index in [1.165, 1.54) is 6.07 Å². The van der Waals surface area contributed by atoms with Gasteiger partial charge in [0.2, 0.25) is 0 Å². The van der Waals surface area contributed by atoms with Gasteiger partial charge >= 0.3 is 6.18 Å². The van der Waals surface area contributed by atoms with Crippen LogP contribution < -0.4 is 10.1 Å². The molecule has 27 heavy (non-hydrogen) atoms. The topological polar surface area (TPSA) is 39.1 Å². The highest BCUT2D eigenvalue weighted by Gasteiger charge is 2.31. The molecule has 4 rings (SSSR count). The van der Waals surface area contributed by atoms with E-state index in [1.807, 2.05) is 24.3 Å². The Hall–Kier alpha value is -2.96. The maximum absolute atomic E-state index is 13.1. The zero-order valence-electron chi connectivity index (χ0n) is 14.7. The predicted molar refractivity (Wildman–Crippen MR) is 96.6 cm³/mol. The summed E-state index contributed by atoms with van der Waals surface area (Å²) < 4.78 is 46.2. The number of hydrogen-bond donors (Lipinski definition) is 1. The fourth-order valence-corrected chi connectivity index (χ4v) is 3.42. The van der Waals surface area contributed by atoms with Gasteiger partial charge in [-0.05, 0) is 30.7 Å². The zero-order valence-corrected chi connectivity index (χ0v) is 14.7. The lowest BCUT2D eigenvalue weighted by Crippen LogP contribution is -2.08. The number of halogens is 3. The van der Waals surface area contributed by atoms with Crippen molar-refractivity contribution in [3.05, 3.63) is 70.9 Å². The van der Waals surface area contributed by atoms with E-state index in [1.54, 1.807) is 17.9 Å². The summed E-state index contributed by atoms with van der Waals surface area (Å²) in [6.45, 7) is 0.741. The van der Waals surface area contributed by atoms with Crippen molar-refractivity contribution >= 4 is 5.82 Å². The number of methoxy groups -OCH3 is 1. The van der Waals surface area contributed by atoms with Crippen molar-refractivity contribution in [2.45, 2.75) is 19.0 Å². The Labute approximate surface area is 154 Å². The standard InChI is InChI=1S/C20H18F3N3O/c1-27-18-8-3-2-5-13(18)11-17-16-9-10-24-19(16)26(25-17)15-7-4-6-14(12-15)20(21,22)23/h2-8,12,24H,9-11H2,1H3. The second-order valence-corrected chi connectivity index (χ2v) is 6.40. The van der Waals surface area contributed by atoms with E-state index < -0.39 is 11.7 Å². The van der Waals surface area contributed by atoms with Gasteiger partial charge in [0.1, 0.15) is 11.6 Å². The molecule has 7 heteroatoms. The van der Waals surface area contributed by atoms with Gasteiger partial charge in [0, 0.05) is 24.1 Å². The first-order valence-corrected chi connectivity index (χ1v) is 8.61. The molecule has 0 spiro atoms. The van der Waals surface area contributed by atoms with Crippen LogP contribution in [0, 0.1) is 0 Å². The minimum atomic E-state index is -4.39. The third kappa shape index (κ3) is 3.25.